The van der Waals surface area contributed by atoms with Crippen LogP contribution < -0.4 is 0 Å². The average molecular weight is 163 g/mol. The van der Waals surface area contributed by atoms with Gasteiger partial charge in [-0.1, -0.05) is 12.5 Å². The van der Waals surface area contributed by atoms with Gasteiger partial charge in [0.25, 0.3) is 0 Å². The van der Waals surface area contributed by atoms with Crippen LogP contribution in [0.4, 0.5) is 0 Å². The molecule has 1 unspecified atom stereocenters. The molecule has 0 saturated heterocycles. The predicted octanol–water partition coefficient (Wildman–Crippen LogP) is 1.84. The third kappa shape index (κ3) is 1.34. The number of hydrogen-bond acceptors (Lipinski definition) is 2. The Labute approximate surface area is 72.3 Å². The second-order valence-corrected chi connectivity index (χ2v) is 3.30. The van der Waals surface area contributed by atoms with E-state index in [4.69, 9.17) is 0 Å². The van der Waals surface area contributed by atoms with E-state index >= 15 is 0 Å². The van der Waals surface area contributed by atoms with Crippen molar-refractivity contribution < 1.29 is 5.11 Å². The smallest absolute Gasteiger partial charge is 0.0807 e. The Morgan fingerprint density at radius 1 is 1.42 bits per heavy atom. The molecular formula is C10H13NO. The molecule has 1 N–H and O–H groups in total. The van der Waals surface area contributed by atoms with Gasteiger partial charge in [-0.3, -0.25) is 4.98 Å². The van der Waals surface area contributed by atoms with E-state index in [2.05, 4.69) is 4.98 Å². The summed E-state index contributed by atoms with van der Waals surface area (Å²) in [7, 11) is 0. The van der Waals surface area contributed by atoms with Gasteiger partial charge in [0, 0.05) is 17.5 Å². The molecule has 0 fully saturated rings. The van der Waals surface area contributed by atoms with E-state index in [1.807, 2.05) is 12.1 Å². The van der Waals surface area contributed by atoms with Gasteiger partial charge in [-0.2, -0.15) is 0 Å². The summed E-state index contributed by atoms with van der Waals surface area (Å²) < 4.78 is 0. The third-order valence-electron chi connectivity index (χ3n) is 2.43. The van der Waals surface area contributed by atoms with Crippen molar-refractivity contribution in [3.05, 3.63) is 29.6 Å². The van der Waals surface area contributed by atoms with E-state index in [0.717, 1.165) is 36.9 Å². The number of aryl methyl sites for hydroxylation is 1. The van der Waals surface area contributed by atoms with E-state index in [0.29, 0.717) is 0 Å². The number of hydrogen-bond donors (Lipinski definition) is 1. The molecular weight excluding hydrogens is 150 g/mol. The summed E-state index contributed by atoms with van der Waals surface area (Å²) in [6.07, 6.45) is 5.69. The fourth-order valence-electron chi connectivity index (χ4n) is 1.75. The maximum Gasteiger partial charge on any atom is 0.0807 e. The maximum absolute atomic E-state index is 9.70. The molecule has 1 aliphatic rings. The molecule has 0 aromatic carbocycles. The first-order valence-corrected chi connectivity index (χ1v) is 4.50. The van der Waals surface area contributed by atoms with Crippen molar-refractivity contribution in [2.24, 2.45) is 0 Å². The Morgan fingerprint density at radius 3 is 3.25 bits per heavy atom. The zero-order valence-corrected chi connectivity index (χ0v) is 7.03. The van der Waals surface area contributed by atoms with Crippen LogP contribution in [0.5, 0.6) is 0 Å². The normalized spacial score (nSPS) is 22.9. The van der Waals surface area contributed by atoms with Crippen LogP contribution in [-0.2, 0) is 6.42 Å². The lowest BCUT2D eigenvalue weighted by atomic mass is 10.1. The van der Waals surface area contributed by atoms with E-state index in [9.17, 15) is 5.11 Å². The minimum atomic E-state index is -0.281. The van der Waals surface area contributed by atoms with Gasteiger partial charge in [-0.25, -0.2) is 0 Å². The summed E-state index contributed by atoms with van der Waals surface area (Å²) in [6.45, 7) is 0. The van der Waals surface area contributed by atoms with E-state index in [-0.39, 0.29) is 6.10 Å². The van der Waals surface area contributed by atoms with Crippen LogP contribution in [0.1, 0.15) is 36.6 Å². The van der Waals surface area contributed by atoms with Gasteiger partial charge in [0.15, 0.2) is 0 Å². The summed E-state index contributed by atoms with van der Waals surface area (Å²) in [4.78, 5) is 4.27. The number of nitrogens with zero attached hydrogens (tertiary/aromatic N) is 1. The number of fused-ring (bicyclic) bond motifs is 1. The average Bonchev–Trinajstić information content (AvgIpc) is 2.29. The van der Waals surface area contributed by atoms with Crippen molar-refractivity contribution in [2.75, 3.05) is 0 Å². The lowest BCUT2D eigenvalue weighted by molar-refractivity contribution is 0.166. The van der Waals surface area contributed by atoms with E-state index in [1.165, 1.54) is 0 Å². The van der Waals surface area contributed by atoms with E-state index < -0.39 is 0 Å². The lowest BCUT2D eigenvalue weighted by Gasteiger charge is -2.09. The van der Waals surface area contributed by atoms with Gasteiger partial charge in [0.1, 0.15) is 0 Å². The number of rotatable bonds is 0. The van der Waals surface area contributed by atoms with Crippen LogP contribution in [0.25, 0.3) is 0 Å². The number of aromatic nitrogens is 1. The quantitative estimate of drug-likeness (QED) is 0.592. The van der Waals surface area contributed by atoms with Gasteiger partial charge in [0.2, 0.25) is 0 Å². The first kappa shape index (κ1) is 7.74. The Morgan fingerprint density at radius 2 is 2.33 bits per heavy atom. The molecule has 0 saturated carbocycles. The summed E-state index contributed by atoms with van der Waals surface area (Å²) >= 11 is 0. The summed E-state index contributed by atoms with van der Waals surface area (Å²) in [5.74, 6) is 0. The molecule has 1 heterocycles. The fourth-order valence-corrected chi connectivity index (χ4v) is 1.75. The SMILES string of the molecule is OC1CCCCc2ncccc21. The van der Waals surface area contributed by atoms with Gasteiger partial charge in [-0.05, 0) is 25.3 Å². The van der Waals surface area contributed by atoms with Crippen molar-refractivity contribution in [1.82, 2.24) is 4.98 Å². The summed E-state index contributed by atoms with van der Waals surface area (Å²) in [5.41, 5.74) is 2.12. The number of pyridine rings is 1. The lowest BCUT2D eigenvalue weighted by Crippen LogP contribution is -1.99. The molecule has 2 heteroatoms. The van der Waals surface area contributed by atoms with Crippen LogP contribution in [0, 0.1) is 0 Å². The van der Waals surface area contributed by atoms with Crippen LogP contribution in [0.2, 0.25) is 0 Å². The van der Waals surface area contributed by atoms with Crippen LogP contribution in [-0.4, -0.2) is 10.1 Å². The van der Waals surface area contributed by atoms with Crippen molar-refractivity contribution in [2.45, 2.75) is 31.8 Å². The minimum absolute atomic E-state index is 0.281. The molecule has 0 bridgehead atoms. The highest BCUT2D eigenvalue weighted by atomic mass is 16.3. The van der Waals surface area contributed by atoms with Crippen LogP contribution >= 0.6 is 0 Å². The molecule has 2 nitrogen and oxygen atoms in total. The van der Waals surface area contributed by atoms with Gasteiger partial charge < -0.3 is 5.11 Å². The van der Waals surface area contributed by atoms with Crippen molar-refractivity contribution in [3.8, 4) is 0 Å². The molecule has 0 radical (unpaired) electrons. The molecule has 0 spiro atoms. The molecule has 1 atom stereocenters. The first-order valence-electron chi connectivity index (χ1n) is 4.50. The number of aliphatic hydroxyl groups excluding tert-OH is 1. The highest BCUT2D eigenvalue weighted by Gasteiger charge is 2.15. The van der Waals surface area contributed by atoms with E-state index in [1.54, 1.807) is 6.20 Å². The molecule has 2 rings (SSSR count). The standard InChI is InChI=1S/C10H13NO/c12-10-6-2-1-5-9-8(10)4-3-7-11-9/h3-4,7,10,12H,1-2,5-6H2. The predicted molar refractivity (Wildman–Crippen MR) is 46.8 cm³/mol. The Bertz CT molecular complexity index is 272. The molecule has 0 amide bonds. The zero-order chi connectivity index (χ0) is 8.39. The van der Waals surface area contributed by atoms with Crippen molar-refractivity contribution >= 4 is 0 Å². The maximum atomic E-state index is 9.70. The minimum Gasteiger partial charge on any atom is -0.388 e. The largest absolute Gasteiger partial charge is 0.388 e. The number of aliphatic hydroxyl groups is 1. The van der Waals surface area contributed by atoms with Crippen molar-refractivity contribution in [3.63, 3.8) is 0 Å². The summed E-state index contributed by atoms with van der Waals surface area (Å²) in [5, 5.41) is 9.70. The highest BCUT2D eigenvalue weighted by molar-refractivity contribution is 5.23. The topological polar surface area (TPSA) is 33.1 Å². The Kier molecular flexibility index (Phi) is 2.09. The van der Waals surface area contributed by atoms with Crippen molar-refractivity contribution in [1.29, 1.82) is 0 Å². The summed E-state index contributed by atoms with van der Waals surface area (Å²) in [6, 6.07) is 3.88. The molecule has 64 valence electrons. The van der Waals surface area contributed by atoms with Gasteiger partial charge >= 0.3 is 0 Å². The van der Waals surface area contributed by atoms with Crippen LogP contribution in [0.15, 0.2) is 18.3 Å². The van der Waals surface area contributed by atoms with Gasteiger partial charge in [0.05, 0.1) is 6.10 Å². The van der Waals surface area contributed by atoms with Gasteiger partial charge in [-0.15, -0.1) is 0 Å². The molecule has 12 heavy (non-hydrogen) atoms. The first-order chi connectivity index (χ1) is 5.88. The Hall–Kier alpha value is -0.890. The second-order valence-electron chi connectivity index (χ2n) is 3.30. The second kappa shape index (κ2) is 3.23. The zero-order valence-electron chi connectivity index (χ0n) is 7.03. The third-order valence-corrected chi connectivity index (χ3v) is 2.43. The monoisotopic (exact) mass is 163 g/mol. The fraction of sp³-hybridized carbons (Fsp3) is 0.500. The Balaban J connectivity index is 2.39. The highest BCUT2D eigenvalue weighted by Crippen LogP contribution is 2.26. The molecule has 0 aliphatic heterocycles. The molecule has 1 aromatic rings. The molecule has 1 aliphatic carbocycles. The van der Waals surface area contributed by atoms with Crippen LogP contribution in [0.3, 0.4) is 0 Å². The molecule has 1 aromatic heterocycles.